The number of hydrogen-bond acceptors (Lipinski definition) is 4. The molecule has 1 aromatic carbocycles. The molecule has 5 heteroatoms. The van der Waals surface area contributed by atoms with Gasteiger partial charge in [0, 0.05) is 17.5 Å². The second kappa shape index (κ2) is 6.54. The Kier molecular flexibility index (Phi) is 4.76. The van der Waals surface area contributed by atoms with Gasteiger partial charge in [0.2, 0.25) is 0 Å². The number of nitrogens with one attached hydrogen (secondary N) is 1. The average molecular weight is 290 g/mol. The van der Waals surface area contributed by atoms with Crippen molar-refractivity contribution in [1.29, 1.82) is 0 Å². The van der Waals surface area contributed by atoms with Gasteiger partial charge in [-0.25, -0.2) is 0 Å². The first kappa shape index (κ1) is 14.6. The Morgan fingerprint density at radius 2 is 2.10 bits per heavy atom. The molecule has 0 spiro atoms. The molecule has 3 N–H and O–H groups in total. The third-order valence-corrected chi connectivity index (χ3v) is 3.99. The van der Waals surface area contributed by atoms with E-state index in [1.165, 1.54) is 11.3 Å². The molecule has 4 nitrogen and oxygen atoms in total. The van der Waals surface area contributed by atoms with E-state index in [1.54, 1.807) is 7.11 Å². The molecular formula is C15H18N2O2S. The summed E-state index contributed by atoms with van der Waals surface area (Å²) in [4.78, 5) is 13.8. The summed E-state index contributed by atoms with van der Waals surface area (Å²) in [7, 11) is 1.56. The van der Waals surface area contributed by atoms with E-state index in [0.29, 0.717) is 17.2 Å². The van der Waals surface area contributed by atoms with E-state index in [9.17, 15) is 4.79 Å². The maximum absolute atomic E-state index is 12.1. The molecule has 106 valence electrons. The van der Waals surface area contributed by atoms with Gasteiger partial charge >= 0.3 is 0 Å². The first-order chi connectivity index (χ1) is 9.61. The lowest BCUT2D eigenvalue weighted by Crippen LogP contribution is -2.31. The molecule has 1 amide bonds. The first-order valence-electron chi connectivity index (χ1n) is 6.35. The standard InChI is InChI=1S/C15H18N2O2S/c1-10-8-13(19-2)14(20-10)15(18)17-9-12(16)11-6-4-3-5-7-11/h3-8,12H,9,16H2,1-2H3,(H,17,18). The minimum absolute atomic E-state index is 0.147. The molecule has 2 rings (SSSR count). The maximum atomic E-state index is 12.1. The minimum Gasteiger partial charge on any atom is -0.495 e. The van der Waals surface area contributed by atoms with E-state index in [4.69, 9.17) is 10.5 Å². The summed E-state index contributed by atoms with van der Waals surface area (Å²) >= 11 is 1.42. The van der Waals surface area contributed by atoms with Crippen molar-refractivity contribution in [3.05, 3.63) is 51.7 Å². The van der Waals surface area contributed by atoms with Crippen molar-refractivity contribution in [2.75, 3.05) is 13.7 Å². The summed E-state index contributed by atoms with van der Waals surface area (Å²) < 4.78 is 5.20. The third-order valence-electron chi connectivity index (χ3n) is 2.96. The number of methoxy groups -OCH3 is 1. The number of amides is 1. The van der Waals surface area contributed by atoms with Gasteiger partial charge in [0.05, 0.1) is 7.11 Å². The summed E-state index contributed by atoms with van der Waals surface area (Å²) in [5, 5.41) is 2.85. The lowest BCUT2D eigenvalue weighted by atomic mass is 10.1. The Bertz CT molecular complexity index is 581. The van der Waals surface area contributed by atoms with Crippen LogP contribution in [0.5, 0.6) is 5.75 Å². The molecule has 0 fully saturated rings. The lowest BCUT2D eigenvalue weighted by molar-refractivity contribution is 0.0952. The third kappa shape index (κ3) is 3.37. The van der Waals surface area contributed by atoms with Gasteiger partial charge in [-0.2, -0.15) is 0 Å². The van der Waals surface area contributed by atoms with Crippen molar-refractivity contribution in [2.45, 2.75) is 13.0 Å². The smallest absolute Gasteiger partial charge is 0.265 e. The van der Waals surface area contributed by atoms with Crippen LogP contribution in [0.25, 0.3) is 0 Å². The van der Waals surface area contributed by atoms with Crippen molar-refractivity contribution in [1.82, 2.24) is 5.32 Å². The van der Waals surface area contributed by atoms with E-state index >= 15 is 0 Å². The van der Waals surface area contributed by atoms with Crippen molar-refractivity contribution >= 4 is 17.2 Å². The molecule has 0 bridgehead atoms. The Labute approximate surface area is 122 Å². The molecule has 2 aromatic rings. The normalized spacial score (nSPS) is 11.9. The largest absolute Gasteiger partial charge is 0.495 e. The quantitative estimate of drug-likeness (QED) is 0.889. The van der Waals surface area contributed by atoms with E-state index < -0.39 is 0 Å². The highest BCUT2D eigenvalue weighted by Crippen LogP contribution is 2.28. The molecular weight excluding hydrogens is 272 g/mol. The number of benzene rings is 1. The summed E-state index contributed by atoms with van der Waals surface area (Å²) in [6.45, 7) is 2.34. The van der Waals surface area contributed by atoms with Gasteiger partial charge in [-0.15, -0.1) is 11.3 Å². The maximum Gasteiger partial charge on any atom is 0.265 e. The van der Waals surface area contributed by atoms with Crippen LogP contribution in [0, 0.1) is 6.92 Å². The fourth-order valence-corrected chi connectivity index (χ4v) is 2.80. The number of hydrogen-bond donors (Lipinski definition) is 2. The molecule has 1 atom stereocenters. The van der Waals surface area contributed by atoms with Crippen molar-refractivity contribution in [2.24, 2.45) is 5.73 Å². The van der Waals surface area contributed by atoms with Crippen molar-refractivity contribution in [3.8, 4) is 5.75 Å². The highest BCUT2D eigenvalue weighted by atomic mass is 32.1. The number of carbonyl (C=O) groups is 1. The Hall–Kier alpha value is -1.85. The molecule has 20 heavy (non-hydrogen) atoms. The van der Waals surface area contributed by atoms with Gasteiger partial charge in [-0.3, -0.25) is 4.79 Å². The summed E-state index contributed by atoms with van der Waals surface area (Å²) in [6.07, 6.45) is 0. The molecule has 1 heterocycles. The minimum atomic E-state index is -0.216. The zero-order chi connectivity index (χ0) is 14.5. The van der Waals surface area contributed by atoms with Crippen LogP contribution in [0.4, 0.5) is 0 Å². The highest BCUT2D eigenvalue weighted by Gasteiger charge is 2.16. The molecule has 0 aliphatic carbocycles. The van der Waals surface area contributed by atoms with Crippen molar-refractivity contribution in [3.63, 3.8) is 0 Å². The number of carbonyl (C=O) groups excluding carboxylic acids is 1. The number of aryl methyl sites for hydroxylation is 1. The topological polar surface area (TPSA) is 64.3 Å². The Balaban J connectivity index is 1.98. The zero-order valence-electron chi connectivity index (χ0n) is 11.6. The first-order valence-corrected chi connectivity index (χ1v) is 7.16. The molecule has 0 saturated heterocycles. The van der Waals surface area contributed by atoms with Gasteiger partial charge in [0.1, 0.15) is 10.6 Å². The number of ether oxygens (including phenoxy) is 1. The molecule has 0 radical (unpaired) electrons. The second-order valence-electron chi connectivity index (χ2n) is 4.48. The van der Waals surface area contributed by atoms with Crippen LogP contribution in [-0.4, -0.2) is 19.6 Å². The van der Waals surface area contributed by atoms with Crippen LogP contribution < -0.4 is 15.8 Å². The molecule has 0 saturated carbocycles. The zero-order valence-corrected chi connectivity index (χ0v) is 12.4. The van der Waals surface area contributed by atoms with E-state index in [1.807, 2.05) is 43.3 Å². The average Bonchev–Trinajstić information content (AvgIpc) is 2.86. The molecule has 1 unspecified atom stereocenters. The Morgan fingerprint density at radius 3 is 2.75 bits per heavy atom. The van der Waals surface area contributed by atoms with Crippen LogP contribution in [0.15, 0.2) is 36.4 Å². The predicted octanol–water partition coefficient (Wildman–Crippen LogP) is 2.49. The van der Waals surface area contributed by atoms with E-state index in [2.05, 4.69) is 5.32 Å². The van der Waals surface area contributed by atoms with Crippen molar-refractivity contribution < 1.29 is 9.53 Å². The fraction of sp³-hybridized carbons (Fsp3) is 0.267. The van der Waals surface area contributed by atoms with Crippen LogP contribution in [0.2, 0.25) is 0 Å². The number of nitrogens with two attached hydrogens (primary N) is 1. The monoisotopic (exact) mass is 290 g/mol. The summed E-state index contributed by atoms with van der Waals surface area (Å²) in [6, 6.07) is 11.3. The predicted molar refractivity (Wildman–Crippen MR) is 81.3 cm³/mol. The summed E-state index contributed by atoms with van der Waals surface area (Å²) in [5.74, 6) is 0.463. The molecule has 0 aliphatic heterocycles. The molecule has 0 aliphatic rings. The Morgan fingerprint density at radius 1 is 1.40 bits per heavy atom. The number of rotatable bonds is 5. The highest BCUT2D eigenvalue weighted by molar-refractivity contribution is 7.14. The van der Waals surface area contributed by atoms with Gasteiger partial charge in [-0.1, -0.05) is 30.3 Å². The van der Waals surface area contributed by atoms with Gasteiger partial charge in [-0.05, 0) is 18.6 Å². The van der Waals surface area contributed by atoms with Crippen LogP contribution >= 0.6 is 11.3 Å². The number of thiophene rings is 1. The van der Waals surface area contributed by atoms with Crippen LogP contribution in [0.3, 0.4) is 0 Å². The summed E-state index contributed by atoms with van der Waals surface area (Å²) in [5.41, 5.74) is 7.06. The van der Waals surface area contributed by atoms with Gasteiger partial charge in [0.25, 0.3) is 5.91 Å². The lowest BCUT2D eigenvalue weighted by Gasteiger charge is -2.13. The fourth-order valence-electron chi connectivity index (χ4n) is 1.90. The van der Waals surface area contributed by atoms with Gasteiger partial charge in [0.15, 0.2) is 0 Å². The SMILES string of the molecule is COc1cc(C)sc1C(=O)NCC(N)c1ccccc1. The van der Waals surface area contributed by atoms with E-state index in [0.717, 1.165) is 10.4 Å². The second-order valence-corrected chi connectivity index (χ2v) is 5.74. The van der Waals surface area contributed by atoms with Crippen LogP contribution in [0.1, 0.15) is 26.2 Å². The van der Waals surface area contributed by atoms with Gasteiger partial charge < -0.3 is 15.8 Å². The molecule has 1 aromatic heterocycles. The van der Waals surface area contributed by atoms with Crippen LogP contribution in [-0.2, 0) is 0 Å². The van der Waals surface area contributed by atoms with E-state index in [-0.39, 0.29) is 11.9 Å².